The van der Waals surface area contributed by atoms with Crippen molar-refractivity contribution in [3.63, 3.8) is 0 Å². The van der Waals surface area contributed by atoms with Crippen LogP contribution in [0.15, 0.2) is 39.5 Å². The maximum Gasteiger partial charge on any atom is 0.258 e. The molecule has 0 bridgehead atoms. The van der Waals surface area contributed by atoms with Crippen LogP contribution in [0.1, 0.15) is 22.8 Å². The third-order valence-electron chi connectivity index (χ3n) is 4.12. The maximum atomic E-state index is 9.03. The number of halogens is 1. The van der Waals surface area contributed by atoms with E-state index in [4.69, 9.17) is 26.1 Å². The van der Waals surface area contributed by atoms with E-state index in [1.165, 1.54) is 0 Å². The SMILES string of the molecule is Cc1nn(-c2ccc(C#N)c(Cl)c2)c(C)c1OCc1noc(-c2ccsc2)n1. The quantitative estimate of drug-likeness (QED) is 0.472. The molecule has 0 saturated heterocycles. The first-order valence-corrected chi connectivity index (χ1v) is 9.63. The van der Waals surface area contributed by atoms with Crippen LogP contribution in [-0.2, 0) is 6.61 Å². The van der Waals surface area contributed by atoms with E-state index in [0.29, 0.717) is 28.1 Å². The van der Waals surface area contributed by atoms with E-state index in [-0.39, 0.29) is 6.61 Å². The Bertz CT molecular complexity index is 1170. The highest BCUT2D eigenvalue weighted by Gasteiger charge is 2.17. The first-order chi connectivity index (χ1) is 13.6. The molecule has 4 rings (SSSR count). The van der Waals surface area contributed by atoms with E-state index in [1.54, 1.807) is 34.2 Å². The highest BCUT2D eigenvalue weighted by atomic mass is 35.5. The van der Waals surface area contributed by atoms with Gasteiger partial charge in [-0.1, -0.05) is 16.8 Å². The van der Waals surface area contributed by atoms with Crippen molar-refractivity contribution in [2.75, 3.05) is 0 Å². The van der Waals surface area contributed by atoms with Crippen molar-refractivity contribution >= 4 is 22.9 Å². The summed E-state index contributed by atoms with van der Waals surface area (Å²) < 4.78 is 12.9. The highest BCUT2D eigenvalue weighted by molar-refractivity contribution is 7.08. The van der Waals surface area contributed by atoms with Gasteiger partial charge in [0.25, 0.3) is 5.89 Å². The number of nitrogens with zero attached hydrogens (tertiary/aromatic N) is 5. The van der Waals surface area contributed by atoms with Crippen molar-refractivity contribution in [1.82, 2.24) is 19.9 Å². The largest absolute Gasteiger partial charge is 0.482 e. The van der Waals surface area contributed by atoms with Gasteiger partial charge in [0, 0.05) is 5.38 Å². The molecule has 140 valence electrons. The zero-order valence-corrected chi connectivity index (χ0v) is 16.6. The molecule has 0 spiro atoms. The van der Waals surface area contributed by atoms with E-state index < -0.39 is 0 Å². The van der Waals surface area contributed by atoms with Gasteiger partial charge in [0.1, 0.15) is 11.8 Å². The lowest BCUT2D eigenvalue weighted by molar-refractivity contribution is 0.283. The molecule has 28 heavy (non-hydrogen) atoms. The molecule has 0 aliphatic carbocycles. The summed E-state index contributed by atoms with van der Waals surface area (Å²) in [6.07, 6.45) is 0. The van der Waals surface area contributed by atoms with Crippen LogP contribution in [0, 0.1) is 25.2 Å². The number of aryl methyl sites for hydroxylation is 1. The van der Waals surface area contributed by atoms with Crippen molar-refractivity contribution in [1.29, 1.82) is 5.26 Å². The Labute approximate surface area is 169 Å². The maximum absolute atomic E-state index is 9.03. The van der Waals surface area contributed by atoms with Gasteiger partial charge < -0.3 is 9.26 Å². The van der Waals surface area contributed by atoms with E-state index in [0.717, 1.165) is 22.6 Å². The number of hydrogen-bond acceptors (Lipinski definition) is 7. The molecule has 9 heteroatoms. The number of benzene rings is 1. The fraction of sp³-hybridized carbons (Fsp3) is 0.158. The molecule has 4 aromatic rings. The second-order valence-corrected chi connectivity index (χ2v) is 7.19. The van der Waals surface area contributed by atoms with Crippen molar-refractivity contribution in [3.8, 4) is 29.0 Å². The van der Waals surface area contributed by atoms with Crippen LogP contribution in [0.25, 0.3) is 17.1 Å². The molecule has 0 atom stereocenters. The van der Waals surface area contributed by atoms with Gasteiger partial charge in [-0.25, -0.2) is 4.68 Å². The number of nitriles is 1. The zero-order chi connectivity index (χ0) is 19.7. The number of ether oxygens (including phenoxy) is 1. The Morgan fingerprint density at radius 1 is 1.32 bits per heavy atom. The fourth-order valence-corrected chi connectivity index (χ4v) is 3.61. The Hall–Kier alpha value is -3.15. The lowest BCUT2D eigenvalue weighted by Gasteiger charge is -2.07. The van der Waals surface area contributed by atoms with Crippen molar-refractivity contribution in [2.45, 2.75) is 20.5 Å². The van der Waals surface area contributed by atoms with Crippen LogP contribution in [0.3, 0.4) is 0 Å². The van der Waals surface area contributed by atoms with Gasteiger partial charge in [0.15, 0.2) is 12.4 Å². The van der Waals surface area contributed by atoms with Gasteiger partial charge >= 0.3 is 0 Å². The van der Waals surface area contributed by atoms with Crippen molar-refractivity contribution in [3.05, 3.63) is 62.8 Å². The molecule has 3 heterocycles. The topological polar surface area (TPSA) is 89.8 Å². The van der Waals surface area contributed by atoms with Gasteiger partial charge in [-0.05, 0) is 43.5 Å². The molecule has 3 aromatic heterocycles. The second-order valence-electron chi connectivity index (χ2n) is 6.00. The van der Waals surface area contributed by atoms with Crippen molar-refractivity contribution in [2.24, 2.45) is 0 Å². The Kier molecular flexibility index (Phi) is 4.86. The minimum absolute atomic E-state index is 0.162. The summed E-state index contributed by atoms with van der Waals surface area (Å²) in [7, 11) is 0. The predicted octanol–water partition coefficient (Wildman–Crippen LogP) is 4.70. The minimum atomic E-state index is 0.162. The molecule has 0 N–H and O–H groups in total. The van der Waals surface area contributed by atoms with E-state index in [9.17, 15) is 0 Å². The zero-order valence-electron chi connectivity index (χ0n) is 15.0. The first-order valence-electron chi connectivity index (χ1n) is 8.31. The van der Waals surface area contributed by atoms with E-state index in [1.807, 2.05) is 36.7 Å². The second kappa shape index (κ2) is 7.46. The monoisotopic (exact) mass is 411 g/mol. The average molecular weight is 412 g/mol. The summed E-state index contributed by atoms with van der Waals surface area (Å²) in [6, 6.07) is 9.13. The fourth-order valence-electron chi connectivity index (χ4n) is 2.77. The van der Waals surface area contributed by atoms with Crippen LogP contribution >= 0.6 is 22.9 Å². The third kappa shape index (κ3) is 3.38. The Morgan fingerprint density at radius 3 is 2.89 bits per heavy atom. The molecule has 7 nitrogen and oxygen atoms in total. The van der Waals surface area contributed by atoms with Crippen LogP contribution < -0.4 is 4.74 Å². The highest BCUT2D eigenvalue weighted by Crippen LogP contribution is 2.28. The summed E-state index contributed by atoms with van der Waals surface area (Å²) in [5.41, 5.74) is 3.58. The first kappa shape index (κ1) is 18.2. The van der Waals surface area contributed by atoms with Crippen molar-refractivity contribution < 1.29 is 9.26 Å². The summed E-state index contributed by atoms with van der Waals surface area (Å²) >= 11 is 7.71. The normalized spacial score (nSPS) is 10.8. The smallest absolute Gasteiger partial charge is 0.258 e. The van der Waals surface area contributed by atoms with Gasteiger partial charge in [-0.3, -0.25) is 0 Å². The molecule has 0 aliphatic heterocycles. The lowest BCUT2D eigenvalue weighted by atomic mass is 10.2. The van der Waals surface area contributed by atoms with E-state index in [2.05, 4.69) is 15.2 Å². The molecular formula is C19H14ClN5O2S. The summed E-state index contributed by atoms with van der Waals surface area (Å²) in [6.45, 7) is 3.92. The molecule has 0 unspecified atom stereocenters. The summed E-state index contributed by atoms with van der Waals surface area (Å²) in [4.78, 5) is 4.35. The van der Waals surface area contributed by atoms with Gasteiger partial charge in [0.2, 0.25) is 5.82 Å². The Morgan fingerprint density at radius 2 is 2.18 bits per heavy atom. The molecule has 0 aliphatic rings. The van der Waals surface area contributed by atoms with E-state index >= 15 is 0 Å². The van der Waals surface area contributed by atoms with Gasteiger partial charge in [0.05, 0.1) is 27.5 Å². The molecular weight excluding hydrogens is 398 g/mol. The molecule has 0 amide bonds. The van der Waals surface area contributed by atoms with Crippen LogP contribution in [-0.4, -0.2) is 19.9 Å². The number of rotatable bonds is 5. The molecule has 0 radical (unpaired) electrons. The predicted molar refractivity (Wildman–Crippen MR) is 105 cm³/mol. The Balaban J connectivity index is 1.55. The summed E-state index contributed by atoms with van der Waals surface area (Å²) in [5, 5.41) is 21.8. The van der Waals surface area contributed by atoms with Crippen LogP contribution in [0.2, 0.25) is 5.02 Å². The standard InChI is InChI=1S/C19H14ClN5O2S/c1-11-18(26-9-17-22-19(27-24-17)14-5-6-28-10-14)12(2)25(23-11)15-4-3-13(8-21)16(20)7-15/h3-7,10H,9H2,1-2H3. The number of hydrogen-bond donors (Lipinski definition) is 0. The van der Waals surface area contributed by atoms with Gasteiger partial charge in [-0.15, -0.1) is 0 Å². The van der Waals surface area contributed by atoms with Crippen LogP contribution in [0.4, 0.5) is 0 Å². The molecule has 1 aromatic carbocycles. The van der Waals surface area contributed by atoms with Gasteiger partial charge in [-0.2, -0.15) is 26.7 Å². The van der Waals surface area contributed by atoms with Crippen LogP contribution in [0.5, 0.6) is 5.75 Å². The third-order valence-corrected chi connectivity index (χ3v) is 5.12. The minimum Gasteiger partial charge on any atom is -0.482 e. The summed E-state index contributed by atoms with van der Waals surface area (Å²) in [5.74, 6) is 1.56. The molecule has 0 fully saturated rings. The molecule has 0 saturated carbocycles. The number of thiophene rings is 1. The average Bonchev–Trinajstić information content (AvgIpc) is 3.41. The lowest BCUT2D eigenvalue weighted by Crippen LogP contribution is -2.01. The number of aromatic nitrogens is 4.